The van der Waals surface area contributed by atoms with Crippen LogP contribution in [-0.4, -0.2) is 35.7 Å². The zero-order valence-corrected chi connectivity index (χ0v) is 16.4. The van der Waals surface area contributed by atoms with Crippen molar-refractivity contribution in [3.63, 3.8) is 0 Å². The number of nitrogens with one attached hydrogen (secondary N) is 2. The van der Waals surface area contributed by atoms with Gasteiger partial charge in [0.1, 0.15) is 5.75 Å². The number of aryl methyl sites for hydroxylation is 1. The third-order valence-electron chi connectivity index (χ3n) is 5.45. The van der Waals surface area contributed by atoms with Gasteiger partial charge in [-0.25, -0.2) is 0 Å². The molecule has 7 heteroatoms. The predicted octanol–water partition coefficient (Wildman–Crippen LogP) is 3.43. The maximum Gasteiger partial charge on any atom is 0.265 e. The number of hydrogen-bond acceptors (Lipinski definition) is 4. The van der Waals surface area contributed by atoms with Gasteiger partial charge < -0.3 is 24.7 Å². The van der Waals surface area contributed by atoms with Gasteiger partial charge in [-0.15, -0.1) is 0 Å². The second-order valence-corrected chi connectivity index (χ2v) is 7.41. The number of aromatic nitrogens is 1. The fraction of sp³-hybridized carbons (Fsp3) is 0.429. The molecule has 0 radical (unpaired) electrons. The molecule has 3 heterocycles. The van der Waals surface area contributed by atoms with Gasteiger partial charge in [-0.1, -0.05) is 0 Å². The standard InChI is InChI=1S/C21H25N3O4/c1-12-10-17(13(2)24(12)16-6-8-27-9-7-16)21(26)22-15-4-5-19-18(11-15)23-20(25)14(3)28-19/h4-5,10-11,14,16H,6-9H2,1-3H3,(H,22,26)(H,23,25). The Kier molecular flexibility index (Phi) is 4.85. The topological polar surface area (TPSA) is 81.6 Å². The lowest BCUT2D eigenvalue weighted by Crippen LogP contribution is -2.34. The molecule has 2 amide bonds. The number of rotatable bonds is 3. The Morgan fingerprint density at radius 1 is 1.21 bits per heavy atom. The molecule has 4 rings (SSSR count). The first-order valence-electron chi connectivity index (χ1n) is 9.63. The van der Waals surface area contributed by atoms with Gasteiger partial charge in [-0.05, 0) is 57.9 Å². The first kappa shape index (κ1) is 18.6. The molecule has 1 saturated heterocycles. The summed E-state index contributed by atoms with van der Waals surface area (Å²) in [5.41, 5.74) is 3.88. The van der Waals surface area contributed by atoms with E-state index in [1.165, 1.54) is 0 Å². The number of nitrogens with zero attached hydrogens (tertiary/aromatic N) is 1. The van der Waals surface area contributed by atoms with Crippen LogP contribution in [-0.2, 0) is 9.53 Å². The molecule has 0 bridgehead atoms. The molecule has 0 spiro atoms. The van der Waals surface area contributed by atoms with E-state index >= 15 is 0 Å². The van der Waals surface area contributed by atoms with E-state index in [0.29, 0.717) is 28.7 Å². The number of carbonyl (C=O) groups excluding carboxylic acids is 2. The highest BCUT2D eigenvalue weighted by Crippen LogP contribution is 2.33. The largest absolute Gasteiger partial charge is 0.479 e. The molecule has 2 aliphatic heterocycles. The molecule has 1 atom stereocenters. The minimum Gasteiger partial charge on any atom is -0.479 e. The zero-order chi connectivity index (χ0) is 19.8. The van der Waals surface area contributed by atoms with Crippen LogP contribution in [0.3, 0.4) is 0 Å². The Morgan fingerprint density at radius 3 is 2.71 bits per heavy atom. The lowest BCUT2D eigenvalue weighted by atomic mass is 10.1. The van der Waals surface area contributed by atoms with Crippen LogP contribution in [0, 0.1) is 13.8 Å². The van der Waals surface area contributed by atoms with Crippen molar-refractivity contribution in [2.45, 2.75) is 45.8 Å². The van der Waals surface area contributed by atoms with Gasteiger partial charge in [0, 0.05) is 36.3 Å². The third kappa shape index (κ3) is 3.38. The fourth-order valence-corrected chi connectivity index (χ4v) is 4.00. The molecule has 1 aromatic heterocycles. The van der Waals surface area contributed by atoms with Crippen LogP contribution >= 0.6 is 0 Å². The summed E-state index contributed by atoms with van der Waals surface area (Å²) in [5, 5.41) is 5.73. The number of hydrogen-bond donors (Lipinski definition) is 2. The molecule has 0 aliphatic carbocycles. The Bertz CT molecular complexity index is 928. The van der Waals surface area contributed by atoms with Crippen LogP contribution in [0.5, 0.6) is 5.75 Å². The van der Waals surface area contributed by atoms with Crippen molar-refractivity contribution in [1.82, 2.24) is 4.57 Å². The van der Waals surface area contributed by atoms with Crippen molar-refractivity contribution in [2.75, 3.05) is 23.8 Å². The van der Waals surface area contributed by atoms with Gasteiger partial charge in [0.15, 0.2) is 6.10 Å². The van der Waals surface area contributed by atoms with Gasteiger partial charge in [0.05, 0.1) is 11.3 Å². The summed E-state index contributed by atoms with van der Waals surface area (Å²) in [7, 11) is 0. The maximum absolute atomic E-state index is 12.9. The number of ether oxygens (including phenoxy) is 2. The van der Waals surface area contributed by atoms with E-state index in [4.69, 9.17) is 9.47 Å². The summed E-state index contributed by atoms with van der Waals surface area (Å²) in [6.45, 7) is 7.23. The summed E-state index contributed by atoms with van der Waals surface area (Å²) in [4.78, 5) is 24.7. The number of anilines is 2. The van der Waals surface area contributed by atoms with E-state index in [1.807, 2.05) is 19.9 Å². The highest BCUT2D eigenvalue weighted by atomic mass is 16.5. The molecule has 2 aliphatic rings. The molecule has 0 saturated carbocycles. The SMILES string of the molecule is Cc1cc(C(=O)Nc2ccc3c(c2)NC(=O)C(C)O3)c(C)n1C1CCOCC1. The van der Waals surface area contributed by atoms with Crippen LogP contribution in [0.2, 0.25) is 0 Å². The van der Waals surface area contributed by atoms with E-state index in [9.17, 15) is 9.59 Å². The first-order valence-corrected chi connectivity index (χ1v) is 9.63. The van der Waals surface area contributed by atoms with E-state index < -0.39 is 6.10 Å². The van der Waals surface area contributed by atoms with Gasteiger partial charge in [0.2, 0.25) is 0 Å². The smallest absolute Gasteiger partial charge is 0.265 e. The highest BCUT2D eigenvalue weighted by Gasteiger charge is 2.25. The van der Waals surface area contributed by atoms with Crippen LogP contribution < -0.4 is 15.4 Å². The Morgan fingerprint density at radius 2 is 1.96 bits per heavy atom. The summed E-state index contributed by atoms with van der Waals surface area (Å²) in [6.07, 6.45) is 1.39. The number of fused-ring (bicyclic) bond motifs is 1. The lowest BCUT2D eigenvalue weighted by Gasteiger charge is -2.26. The average molecular weight is 383 g/mol. The maximum atomic E-state index is 12.9. The van der Waals surface area contributed by atoms with E-state index in [-0.39, 0.29) is 11.8 Å². The number of carbonyl (C=O) groups is 2. The molecule has 1 unspecified atom stereocenters. The zero-order valence-electron chi connectivity index (χ0n) is 16.4. The lowest BCUT2D eigenvalue weighted by molar-refractivity contribution is -0.122. The third-order valence-corrected chi connectivity index (χ3v) is 5.45. The minimum absolute atomic E-state index is 0.164. The monoisotopic (exact) mass is 383 g/mol. The highest BCUT2D eigenvalue weighted by molar-refractivity contribution is 6.06. The van der Waals surface area contributed by atoms with Crippen molar-refractivity contribution >= 4 is 23.2 Å². The molecular weight excluding hydrogens is 358 g/mol. The summed E-state index contributed by atoms with van der Waals surface area (Å²) in [6, 6.07) is 7.55. The van der Waals surface area contributed by atoms with E-state index in [2.05, 4.69) is 15.2 Å². The molecule has 1 aromatic carbocycles. The quantitative estimate of drug-likeness (QED) is 0.851. The van der Waals surface area contributed by atoms with E-state index in [0.717, 1.165) is 37.4 Å². The Labute approximate surface area is 164 Å². The summed E-state index contributed by atoms with van der Waals surface area (Å²) < 4.78 is 13.3. The van der Waals surface area contributed by atoms with Crippen LogP contribution in [0.15, 0.2) is 24.3 Å². The number of benzene rings is 1. The second-order valence-electron chi connectivity index (χ2n) is 7.41. The molecule has 1 fully saturated rings. The first-order chi connectivity index (χ1) is 13.4. The normalized spacial score (nSPS) is 19.5. The van der Waals surface area contributed by atoms with Gasteiger partial charge in [-0.2, -0.15) is 0 Å². The van der Waals surface area contributed by atoms with Crippen molar-refractivity contribution < 1.29 is 19.1 Å². The van der Waals surface area contributed by atoms with Crippen LogP contribution in [0.25, 0.3) is 0 Å². The average Bonchev–Trinajstić information content (AvgIpc) is 2.98. The van der Waals surface area contributed by atoms with E-state index in [1.54, 1.807) is 25.1 Å². The Balaban J connectivity index is 1.54. The molecule has 2 aromatic rings. The second kappa shape index (κ2) is 7.31. The van der Waals surface area contributed by atoms with Gasteiger partial charge in [0.25, 0.3) is 11.8 Å². The minimum atomic E-state index is -0.525. The van der Waals surface area contributed by atoms with Crippen LogP contribution in [0.4, 0.5) is 11.4 Å². The summed E-state index contributed by atoms with van der Waals surface area (Å²) in [5.74, 6) is 0.238. The van der Waals surface area contributed by atoms with Crippen LogP contribution in [0.1, 0.15) is 47.6 Å². The fourth-order valence-electron chi connectivity index (χ4n) is 4.00. The molecule has 148 valence electrons. The molecule has 7 nitrogen and oxygen atoms in total. The van der Waals surface area contributed by atoms with Crippen molar-refractivity contribution in [3.05, 3.63) is 41.2 Å². The van der Waals surface area contributed by atoms with Gasteiger partial charge >= 0.3 is 0 Å². The van der Waals surface area contributed by atoms with Crippen molar-refractivity contribution in [3.8, 4) is 5.75 Å². The Hall–Kier alpha value is -2.80. The molecule has 28 heavy (non-hydrogen) atoms. The number of amides is 2. The summed E-state index contributed by atoms with van der Waals surface area (Å²) >= 11 is 0. The predicted molar refractivity (Wildman–Crippen MR) is 106 cm³/mol. The van der Waals surface area contributed by atoms with Crippen molar-refractivity contribution in [2.24, 2.45) is 0 Å². The van der Waals surface area contributed by atoms with Gasteiger partial charge in [-0.3, -0.25) is 9.59 Å². The van der Waals surface area contributed by atoms with Crippen molar-refractivity contribution in [1.29, 1.82) is 0 Å². The molecular formula is C21H25N3O4. The molecule has 2 N–H and O–H groups in total.